The predicted molar refractivity (Wildman–Crippen MR) is 70.6 cm³/mol. The molecule has 0 radical (unpaired) electrons. The van der Waals surface area contributed by atoms with Gasteiger partial charge in [-0.3, -0.25) is 0 Å². The van der Waals surface area contributed by atoms with Crippen LogP contribution < -0.4 is 5.32 Å². The van der Waals surface area contributed by atoms with Gasteiger partial charge in [0.25, 0.3) is 0 Å². The summed E-state index contributed by atoms with van der Waals surface area (Å²) < 4.78 is 5.05. The molecule has 6 heteroatoms. The molecule has 17 heavy (non-hydrogen) atoms. The Hall–Kier alpha value is -1.17. The van der Waals surface area contributed by atoms with Crippen molar-refractivity contribution in [3.8, 4) is 10.6 Å². The highest BCUT2D eigenvalue weighted by molar-refractivity contribution is 7.14. The molecule has 0 atom stereocenters. The monoisotopic (exact) mass is 269 g/mol. The zero-order valence-corrected chi connectivity index (χ0v) is 11.1. The fourth-order valence-corrected chi connectivity index (χ4v) is 2.53. The Morgan fingerprint density at radius 2 is 2.29 bits per heavy atom. The number of nitrogens with zero attached hydrogens (tertiary/aromatic N) is 2. The Labute approximate surface area is 109 Å². The van der Waals surface area contributed by atoms with Crippen molar-refractivity contribution in [1.29, 1.82) is 0 Å². The lowest BCUT2D eigenvalue weighted by atomic mass is 10.3. The Balaban J connectivity index is 2.46. The average molecular weight is 270 g/mol. The van der Waals surface area contributed by atoms with Crippen molar-refractivity contribution in [1.82, 2.24) is 9.97 Å². The molecule has 90 valence electrons. The fraction of sp³-hybridized carbons (Fsp3) is 0.273. The van der Waals surface area contributed by atoms with Crippen LogP contribution in [0.3, 0.4) is 0 Å². The molecule has 0 aliphatic rings. The highest BCUT2D eigenvalue weighted by Gasteiger charge is 2.10. The molecule has 0 fully saturated rings. The van der Waals surface area contributed by atoms with Gasteiger partial charge in [-0.1, -0.05) is 11.6 Å². The lowest BCUT2D eigenvalue weighted by Crippen LogP contribution is -2.02. The summed E-state index contributed by atoms with van der Waals surface area (Å²) in [5.74, 6) is 1.39. The first-order valence-electron chi connectivity index (χ1n) is 5.02. The highest BCUT2D eigenvalue weighted by atomic mass is 35.5. The molecular weight excluding hydrogens is 258 g/mol. The number of rotatable bonds is 4. The summed E-state index contributed by atoms with van der Waals surface area (Å²) in [4.78, 5) is 9.67. The Bertz CT molecular complexity index is 515. The van der Waals surface area contributed by atoms with Crippen molar-refractivity contribution in [3.05, 3.63) is 28.4 Å². The second-order valence-electron chi connectivity index (χ2n) is 3.34. The highest BCUT2D eigenvalue weighted by Crippen LogP contribution is 2.32. The van der Waals surface area contributed by atoms with E-state index in [-0.39, 0.29) is 0 Å². The molecule has 2 aromatic rings. The third-order valence-electron chi connectivity index (χ3n) is 2.15. The number of ether oxygens (including phenoxy) is 1. The Kier molecular flexibility index (Phi) is 3.93. The minimum absolute atomic E-state index is 0.380. The van der Waals surface area contributed by atoms with Gasteiger partial charge >= 0.3 is 0 Å². The maximum absolute atomic E-state index is 6.10. The van der Waals surface area contributed by atoms with Gasteiger partial charge in [0.2, 0.25) is 0 Å². The molecule has 0 saturated heterocycles. The van der Waals surface area contributed by atoms with Gasteiger partial charge in [0.15, 0.2) is 5.82 Å². The zero-order valence-electron chi connectivity index (χ0n) is 9.53. The predicted octanol–water partition coefficient (Wildman–Crippen LogP) is 3.05. The van der Waals surface area contributed by atoms with E-state index in [1.54, 1.807) is 18.4 Å². The number of hydrogen-bond donors (Lipinski definition) is 1. The van der Waals surface area contributed by atoms with Crippen LogP contribution in [0.25, 0.3) is 10.6 Å². The third-order valence-corrected chi connectivity index (χ3v) is 3.52. The quantitative estimate of drug-likeness (QED) is 0.927. The van der Waals surface area contributed by atoms with E-state index in [4.69, 9.17) is 16.3 Å². The summed E-state index contributed by atoms with van der Waals surface area (Å²) >= 11 is 7.66. The van der Waals surface area contributed by atoms with Crippen LogP contribution in [-0.2, 0) is 11.3 Å². The van der Waals surface area contributed by atoms with Crippen LogP contribution in [0.5, 0.6) is 0 Å². The van der Waals surface area contributed by atoms with Crippen molar-refractivity contribution in [2.75, 3.05) is 19.5 Å². The van der Waals surface area contributed by atoms with Gasteiger partial charge in [-0.05, 0) is 11.4 Å². The van der Waals surface area contributed by atoms with Crippen LogP contribution in [-0.4, -0.2) is 24.1 Å². The Morgan fingerprint density at radius 3 is 2.88 bits per heavy atom. The molecule has 0 aliphatic carbocycles. The van der Waals surface area contributed by atoms with Crippen molar-refractivity contribution in [3.63, 3.8) is 0 Å². The molecule has 2 rings (SSSR count). The summed E-state index contributed by atoms with van der Waals surface area (Å²) in [5.41, 5.74) is 0.816. The normalized spacial score (nSPS) is 10.5. The number of methoxy groups -OCH3 is 1. The minimum Gasteiger partial charge on any atom is -0.377 e. The first kappa shape index (κ1) is 12.3. The number of halogens is 1. The summed E-state index contributed by atoms with van der Waals surface area (Å²) in [6.07, 6.45) is 0. The van der Waals surface area contributed by atoms with E-state index in [9.17, 15) is 0 Å². The summed E-state index contributed by atoms with van der Waals surface area (Å²) in [6, 6.07) is 3.73. The van der Waals surface area contributed by atoms with Crippen LogP contribution in [0.2, 0.25) is 5.02 Å². The van der Waals surface area contributed by atoms with E-state index in [2.05, 4.69) is 15.3 Å². The second kappa shape index (κ2) is 5.44. The van der Waals surface area contributed by atoms with Crippen molar-refractivity contribution in [2.24, 2.45) is 0 Å². The van der Waals surface area contributed by atoms with Gasteiger partial charge < -0.3 is 10.1 Å². The van der Waals surface area contributed by atoms with Crippen LogP contribution in [0, 0.1) is 0 Å². The minimum atomic E-state index is 0.380. The van der Waals surface area contributed by atoms with Crippen LogP contribution in [0.1, 0.15) is 5.82 Å². The van der Waals surface area contributed by atoms with Gasteiger partial charge in [0, 0.05) is 20.2 Å². The maximum Gasteiger partial charge on any atom is 0.157 e. The van der Waals surface area contributed by atoms with Crippen LogP contribution in [0.4, 0.5) is 5.82 Å². The fourth-order valence-electron chi connectivity index (χ4n) is 1.41. The van der Waals surface area contributed by atoms with Crippen molar-refractivity contribution < 1.29 is 4.74 Å². The molecule has 0 aromatic carbocycles. The maximum atomic E-state index is 6.10. The lowest BCUT2D eigenvalue weighted by Gasteiger charge is -2.06. The van der Waals surface area contributed by atoms with Gasteiger partial charge in [-0.25, -0.2) is 9.97 Å². The molecule has 1 N–H and O–H groups in total. The van der Waals surface area contributed by atoms with E-state index >= 15 is 0 Å². The van der Waals surface area contributed by atoms with Crippen molar-refractivity contribution in [2.45, 2.75) is 6.61 Å². The second-order valence-corrected chi connectivity index (χ2v) is 4.66. The van der Waals surface area contributed by atoms with Gasteiger partial charge in [-0.2, -0.15) is 0 Å². The molecule has 0 spiro atoms. The van der Waals surface area contributed by atoms with Crippen LogP contribution >= 0.6 is 22.9 Å². The molecule has 0 amide bonds. The molecule has 4 nitrogen and oxygen atoms in total. The number of nitrogens with one attached hydrogen (secondary N) is 1. The van der Waals surface area contributed by atoms with E-state index < -0.39 is 0 Å². The number of hydrogen-bond acceptors (Lipinski definition) is 5. The van der Waals surface area contributed by atoms with Gasteiger partial charge in [-0.15, -0.1) is 11.3 Å². The lowest BCUT2D eigenvalue weighted by molar-refractivity contribution is 0.178. The smallest absolute Gasteiger partial charge is 0.157 e. The molecule has 0 unspecified atom stereocenters. The van der Waals surface area contributed by atoms with E-state index in [1.165, 1.54) is 0 Å². The van der Waals surface area contributed by atoms with Crippen LogP contribution in [0.15, 0.2) is 17.5 Å². The van der Waals surface area contributed by atoms with Crippen molar-refractivity contribution >= 4 is 28.8 Å². The van der Waals surface area contributed by atoms with Gasteiger partial charge in [0.1, 0.15) is 12.4 Å². The largest absolute Gasteiger partial charge is 0.377 e. The SMILES string of the molecule is CNc1cc(-c2sccc2Cl)nc(COC)n1. The third kappa shape index (κ3) is 2.74. The molecule has 0 saturated carbocycles. The topological polar surface area (TPSA) is 47.0 Å². The summed E-state index contributed by atoms with van der Waals surface area (Å²) in [5, 5.41) is 5.65. The zero-order chi connectivity index (χ0) is 12.3. The molecule has 0 aliphatic heterocycles. The first-order chi connectivity index (χ1) is 8.24. The molecular formula is C11H12ClN3OS. The summed E-state index contributed by atoms with van der Waals surface area (Å²) in [7, 11) is 3.44. The van der Waals surface area contributed by atoms with E-state index in [0.717, 1.165) is 16.4 Å². The summed E-state index contributed by atoms with van der Waals surface area (Å²) in [6.45, 7) is 0.380. The standard InChI is InChI=1S/C11H12ClN3OS/c1-13-9-5-8(11-7(12)3-4-17-11)14-10(15-9)6-16-2/h3-5H,6H2,1-2H3,(H,13,14,15). The molecule has 2 heterocycles. The van der Waals surface area contributed by atoms with E-state index in [0.29, 0.717) is 17.5 Å². The molecule has 2 aromatic heterocycles. The molecule has 0 bridgehead atoms. The Morgan fingerprint density at radius 1 is 1.47 bits per heavy atom. The number of thiophene rings is 1. The number of aromatic nitrogens is 2. The number of anilines is 1. The van der Waals surface area contributed by atoms with Gasteiger partial charge in [0.05, 0.1) is 15.6 Å². The average Bonchev–Trinajstić information content (AvgIpc) is 2.75. The van der Waals surface area contributed by atoms with E-state index in [1.807, 2.05) is 24.6 Å². The first-order valence-corrected chi connectivity index (χ1v) is 6.28.